The molecule has 0 aromatic carbocycles. The fraction of sp³-hybridized carbons (Fsp3) is 0.727. The second-order valence-electron chi connectivity index (χ2n) is 4.87. The quantitative estimate of drug-likeness (QED) is 0.695. The van der Waals surface area contributed by atoms with E-state index in [0.717, 1.165) is 18.9 Å². The Labute approximate surface area is 95.6 Å². The largest absolute Gasteiger partial charge is 0.347 e. The summed E-state index contributed by atoms with van der Waals surface area (Å²) in [4.78, 5) is 7.46. The molecule has 1 aliphatic carbocycles. The Balaban J connectivity index is 1.73. The highest BCUT2D eigenvalue weighted by Gasteiger charge is 2.41. The second kappa shape index (κ2) is 4.16. The van der Waals surface area contributed by atoms with Gasteiger partial charge in [-0.25, -0.2) is 15.4 Å². The van der Waals surface area contributed by atoms with E-state index in [-0.39, 0.29) is 0 Å². The number of aromatic amines is 1. The number of nitrogens with one attached hydrogen (secondary N) is 3. The number of nitrogens with zero attached hydrogens (tertiary/aromatic N) is 2. The van der Waals surface area contributed by atoms with Crippen molar-refractivity contribution < 1.29 is 0 Å². The van der Waals surface area contributed by atoms with Crippen molar-refractivity contribution in [1.29, 1.82) is 0 Å². The molecule has 2 fully saturated rings. The lowest BCUT2D eigenvalue weighted by atomic mass is 9.81. The molecule has 1 saturated heterocycles. The molecule has 3 N–H and O–H groups in total. The van der Waals surface area contributed by atoms with Crippen molar-refractivity contribution in [2.75, 3.05) is 6.54 Å². The Morgan fingerprint density at radius 1 is 1.31 bits per heavy atom. The summed E-state index contributed by atoms with van der Waals surface area (Å²) in [6.07, 6.45) is 10.3. The fourth-order valence-corrected chi connectivity index (χ4v) is 2.91. The van der Waals surface area contributed by atoms with Crippen LogP contribution in [0.4, 0.5) is 0 Å². The zero-order valence-electron chi connectivity index (χ0n) is 9.50. The standard InChI is InChI=1S/C11H19N5/c1-2-4-11(5-3-1)9-14-15-16(11)8-10-12-6-7-13-10/h6-7,14-15H,1-5,8-9H2,(H,12,13). The molecular weight excluding hydrogens is 202 g/mol. The summed E-state index contributed by atoms with van der Waals surface area (Å²) in [6.45, 7) is 1.90. The maximum atomic E-state index is 4.29. The lowest BCUT2D eigenvalue weighted by Gasteiger charge is -2.39. The molecule has 0 unspecified atom stereocenters. The molecule has 5 nitrogen and oxygen atoms in total. The number of imidazole rings is 1. The minimum atomic E-state index is 0.311. The number of hydrogen-bond donors (Lipinski definition) is 3. The molecule has 1 aromatic heterocycles. The van der Waals surface area contributed by atoms with Crippen molar-refractivity contribution in [3.8, 4) is 0 Å². The fourth-order valence-electron chi connectivity index (χ4n) is 2.91. The summed E-state index contributed by atoms with van der Waals surface area (Å²) in [7, 11) is 0. The van der Waals surface area contributed by atoms with Crippen molar-refractivity contribution in [3.63, 3.8) is 0 Å². The van der Waals surface area contributed by atoms with E-state index in [2.05, 4.69) is 25.9 Å². The monoisotopic (exact) mass is 221 g/mol. The summed E-state index contributed by atoms with van der Waals surface area (Å²) in [5.74, 6) is 1.03. The first kappa shape index (κ1) is 10.3. The normalized spacial score (nSPS) is 25.2. The maximum Gasteiger partial charge on any atom is 0.121 e. The molecular formula is C11H19N5. The van der Waals surface area contributed by atoms with Gasteiger partial charge in [-0.05, 0) is 12.8 Å². The summed E-state index contributed by atoms with van der Waals surface area (Å²) in [5, 5.41) is 2.32. The zero-order valence-corrected chi connectivity index (χ0v) is 9.50. The highest BCUT2D eigenvalue weighted by atomic mass is 15.7. The van der Waals surface area contributed by atoms with Crippen LogP contribution in [0.3, 0.4) is 0 Å². The van der Waals surface area contributed by atoms with Crippen LogP contribution in [-0.4, -0.2) is 27.1 Å². The number of hydrogen-bond acceptors (Lipinski definition) is 4. The molecule has 1 saturated carbocycles. The first-order valence-electron chi connectivity index (χ1n) is 6.14. The van der Waals surface area contributed by atoms with Gasteiger partial charge in [-0.3, -0.25) is 0 Å². The van der Waals surface area contributed by atoms with E-state index in [1.807, 2.05) is 12.4 Å². The first-order valence-corrected chi connectivity index (χ1v) is 6.14. The SMILES string of the molecule is c1c[nH]c(CN2NNCC23CCCCC3)n1. The van der Waals surface area contributed by atoms with Crippen LogP contribution in [0, 0.1) is 0 Å². The minimum Gasteiger partial charge on any atom is -0.347 e. The highest BCUT2D eigenvalue weighted by molar-refractivity contribution is 4.98. The topological polar surface area (TPSA) is 56.0 Å². The van der Waals surface area contributed by atoms with Gasteiger partial charge in [0.2, 0.25) is 0 Å². The Bertz CT molecular complexity index is 328. The molecule has 0 amide bonds. The van der Waals surface area contributed by atoms with Crippen molar-refractivity contribution in [2.45, 2.75) is 44.2 Å². The van der Waals surface area contributed by atoms with Crippen LogP contribution in [0.5, 0.6) is 0 Å². The highest BCUT2D eigenvalue weighted by Crippen LogP contribution is 2.34. The van der Waals surface area contributed by atoms with E-state index >= 15 is 0 Å². The molecule has 2 aliphatic rings. The molecule has 16 heavy (non-hydrogen) atoms. The molecule has 0 bridgehead atoms. The van der Waals surface area contributed by atoms with Gasteiger partial charge in [0.05, 0.1) is 12.1 Å². The van der Waals surface area contributed by atoms with Crippen LogP contribution in [0.25, 0.3) is 0 Å². The molecule has 3 rings (SSSR count). The number of rotatable bonds is 2. The predicted molar refractivity (Wildman–Crippen MR) is 61.1 cm³/mol. The lowest BCUT2D eigenvalue weighted by molar-refractivity contribution is 0.0500. The summed E-state index contributed by atoms with van der Waals surface area (Å²) < 4.78 is 0. The molecule has 88 valence electrons. The molecule has 5 heteroatoms. The van der Waals surface area contributed by atoms with Gasteiger partial charge in [0.15, 0.2) is 0 Å². The van der Waals surface area contributed by atoms with E-state index in [9.17, 15) is 0 Å². The summed E-state index contributed by atoms with van der Waals surface area (Å²) in [6, 6.07) is 0. The van der Waals surface area contributed by atoms with E-state index in [1.54, 1.807) is 0 Å². The van der Waals surface area contributed by atoms with E-state index < -0.39 is 0 Å². The third-order valence-electron chi connectivity index (χ3n) is 3.85. The lowest BCUT2D eigenvalue weighted by Crippen LogP contribution is -2.50. The zero-order chi connectivity index (χ0) is 10.8. The van der Waals surface area contributed by atoms with Gasteiger partial charge < -0.3 is 4.98 Å². The third kappa shape index (κ3) is 1.75. The van der Waals surface area contributed by atoms with Crippen LogP contribution < -0.4 is 11.0 Å². The van der Waals surface area contributed by atoms with Crippen LogP contribution >= 0.6 is 0 Å². The maximum absolute atomic E-state index is 4.29. The van der Waals surface area contributed by atoms with Gasteiger partial charge in [0.25, 0.3) is 0 Å². The van der Waals surface area contributed by atoms with Crippen LogP contribution in [0.1, 0.15) is 37.9 Å². The number of hydrazine groups is 2. The number of H-pyrrole nitrogens is 1. The van der Waals surface area contributed by atoms with Crippen molar-refractivity contribution >= 4 is 0 Å². The van der Waals surface area contributed by atoms with Crippen LogP contribution in [0.15, 0.2) is 12.4 Å². The first-order chi connectivity index (χ1) is 7.89. The van der Waals surface area contributed by atoms with Crippen molar-refractivity contribution in [3.05, 3.63) is 18.2 Å². The average molecular weight is 221 g/mol. The molecule has 1 aliphatic heterocycles. The van der Waals surface area contributed by atoms with Crippen LogP contribution in [-0.2, 0) is 6.54 Å². The summed E-state index contributed by atoms with van der Waals surface area (Å²) >= 11 is 0. The van der Waals surface area contributed by atoms with Gasteiger partial charge in [-0.2, -0.15) is 5.53 Å². The number of aromatic nitrogens is 2. The summed E-state index contributed by atoms with van der Waals surface area (Å²) in [5.41, 5.74) is 6.87. The second-order valence-corrected chi connectivity index (χ2v) is 4.87. The Morgan fingerprint density at radius 2 is 2.19 bits per heavy atom. The Kier molecular flexibility index (Phi) is 2.67. The van der Waals surface area contributed by atoms with Gasteiger partial charge in [-0.1, -0.05) is 19.3 Å². The van der Waals surface area contributed by atoms with Gasteiger partial charge in [0, 0.05) is 18.9 Å². The predicted octanol–water partition coefficient (Wildman–Crippen LogP) is 0.937. The molecule has 2 heterocycles. The Hall–Kier alpha value is -0.910. The minimum absolute atomic E-state index is 0.311. The molecule has 1 aromatic rings. The Morgan fingerprint density at radius 3 is 2.94 bits per heavy atom. The third-order valence-corrected chi connectivity index (χ3v) is 3.85. The van der Waals surface area contributed by atoms with Crippen molar-refractivity contribution in [2.24, 2.45) is 0 Å². The van der Waals surface area contributed by atoms with Crippen LogP contribution in [0.2, 0.25) is 0 Å². The van der Waals surface area contributed by atoms with E-state index in [4.69, 9.17) is 0 Å². The van der Waals surface area contributed by atoms with E-state index in [0.29, 0.717) is 5.54 Å². The van der Waals surface area contributed by atoms with E-state index in [1.165, 1.54) is 32.1 Å². The smallest absolute Gasteiger partial charge is 0.121 e. The van der Waals surface area contributed by atoms with Gasteiger partial charge in [0.1, 0.15) is 5.82 Å². The van der Waals surface area contributed by atoms with Crippen molar-refractivity contribution in [1.82, 2.24) is 25.9 Å². The van der Waals surface area contributed by atoms with Gasteiger partial charge in [-0.15, -0.1) is 0 Å². The average Bonchev–Trinajstić information content (AvgIpc) is 2.93. The molecule has 0 atom stereocenters. The molecule has 0 radical (unpaired) electrons. The molecule has 1 spiro atoms. The van der Waals surface area contributed by atoms with Gasteiger partial charge >= 0.3 is 0 Å².